The summed E-state index contributed by atoms with van der Waals surface area (Å²) in [4.78, 5) is 32.4. The van der Waals surface area contributed by atoms with Crippen molar-refractivity contribution in [3.05, 3.63) is 23.5 Å². The Hall–Kier alpha value is -1.71. The standard InChI is InChI=1S/C8H6O4/c1-4(9)6-2-5(10)3-7(11)8(6)12/h2-3,11H,1H3. The zero-order valence-corrected chi connectivity index (χ0v) is 6.33. The smallest absolute Gasteiger partial charge is 0.231 e. The van der Waals surface area contributed by atoms with Crippen LogP contribution in [0.15, 0.2) is 23.5 Å². The second-order valence-corrected chi connectivity index (χ2v) is 2.38. The Morgan fingerprint density at radius 3 is 2.42 bits per heavy atom. The van der Waals surface area contributed by atoms with Crippen LogP contribution in [-0.2, 0) is 14.4 Å². The molecule has 0 heterocycles. The predicted octanol–water partition coefficient (Wildman–Crippen LogP) is 0.0955. The van der Waals surface area contributed by atoms with E-state index in [4.69, 9.17) is 5.11 Å². The number of hydrogen-bond acceptors (Lipinski definition) is 4. The summed E-state index contributed by atoms with van der Waals surface area (Å²) in [5.41, 5.74) is -0.264. The molecular weight excluding hydrogens is 160 g/mol. The summed E-state index contributed by atoms with van der Waals surface area (Å²) in [6, 6.07) is 0. The molecule has 12 heavy (non-hydrogen) atoms. The van der Waals surface area contributed by atoms with Gasteiger partial charge in [-0.15, -0.1) is 0 Å². The number of aliphatic hydroxyl groups excluding tert-OH is 1. The van der Waals surface area contributed by atoms with E-state index in [1.54, 1.807) is 0 Å². The lowest BCUT2D eigenvalue weighted by Crippen LogP contribution is -2.18. The number of hydrogen-bond donors (Lipinski definition) is 1. The largest absolute Gasteiger partial charge is 0.504 e. The minimum atomic E-state index is -0.790. The first-order chi connectivity index (χ1) is 5.52. The first kappa shape index (κ1) is 8.39. The monoisotopic (exact) mass is 166 g/mol. The lowest BCUT2D eigenvalue weighted by atomic mass is 9.99. The number of allylic oxidation sites excluding steroid dienone is 3. The molecule has 4 nitrogen and oxygen atoms in total. The van der Waals surface area contributed by atoms with E-state index in [-0.39, 0.29) is 5.57 Å². The summed E-state index contributed by atoms with van der Waals surface area (Å²) in [7, 11) is 0. The minimum absolute atomic E-state index is 0.264. The van der Waals surface area contributed by atoms with Crippen molar-refractivity contribution in [1.82, 2.24) is 0 Å². The second kappa shape index (κ2) is 2.73. The molecule has 0 fully saturated rings. The van der Waals surface area contributed by atoms with Crippen LogP contribution in [0.1, 0.15) is 6.92 Å². The number of carbonyl (C=O) groups is 3. The summed E-state index contributed by atoms with van der Waals surface area (Å²) in [5, 5.41) is 8.87. The molecule has 0 aromatic carbocycles. The van der Waals surface area contributed by atoms with E-state index in [9.17, 15) is 14.4 Å². The van der Waals surface area contributed by atoms with Gasteiger partial charge in [0.25, 0.3) is 0 Å². The van der Waals surface area contributed by atoms with Gasteiger partial charge in [-0.25, -0.2) is 0 Å². The highest BCUT2D eigenvalue weighted by molar-refractivity contribution is 6.31. The van der Waals surface area contributed by atoms with Gasteiger partial charge in [0.05, 0.1) is 5.57 Å². The fraction of sp³-hybridized carbons (Fsp3) is 0.125. The molecule has 4 heteroatoms. The van der Waals surface area contributed by atoms with E-state index in [0.717, 1.165) is 19.1 Å². The maximum absolute atomic E-state index is 11.0. The quantitative estimate of drug-likeness (QED) is 0.442. The predicted molar refractivity (Wildman–Crippen MR) is 39.5 cm³/mol. The van der Waals surface area contributed by atoms with Crippen molar-refractivity contribution >= 4 is 17.3 Å². The molecule has 0 aliphatic heterocycles. The van der Waals surface area contributed by atoms with Gasteiger partial charge >= 0.3 is 0 Å². The van der Waals surface area contributed by atoms with Crippen molar-refractivity contribution in [3.8, 4) is 0 Å². The number of rotatable bonds is 1. The van der Waals surface area contributed by atoms with Crippen LogP contribution in [-0.4, -0.2) is 22.5 Å². The third-order valence-corrected chi connectivity index (χ3v) is 1.42. The molecule has 0 atom stereocenters. The third-order valence-electron chi connectivity index (χ3n) is 1.42. The number of aliphatic hydroxyl groups is 1. The molecule has 1 aliphatic carbocycles. The molecule has 62 valence electrons. The highest BCUT2D eigenvalue weighted by Gasteiger charge is 2.23. The van der Waals surface area contributed by atoms with Gasteiger partial charge in [0.1, 0.15) is 0 Å². The Labute approximate surface area is 68.2 Å². The third kappa shape index (κ3) is 1.32. The lowest BCUT2D eigenvalue weighted by Gasteiger charge is -2.04. The molecule has 0 radical (unpaired) electrons. The minimum Gasteiger partial charge on any atom is -0.504 e. The van der Waals surface area contributed by atoms with Gasteiger partial charge in [-0.2, -0.15) is 0 Å². The summed E-state index contributed by atoms with van der Waals surface area (Å²) in [5.74, 6) is -2.53. The van der Waals surface area contributed by atoms with Crippen LogP contribution in [0.25, 0.3) is 0 Å². The SMILES string of the molecule is CC(=O)C1=CC(=O)C=C(O)C1=O. The average Bonchev–Trinajstić information content (AvgIpc) is 1.96. The van der Waals surface area contributed by atoms with E-state index in [2.05, 4.69) is 0 Å². The normalized spacial score (nSPS) is 17.1. The van der Waals surface area contributed by atoms with E-state index in [1.165, 1.54) is 0 Å². The average molecular weight is 166 g/mol. The van der Waals surface area contributed by atoms with Crippen molar-refractivity contribution in [2.45, 2.75) is 6.92 Å². The van der Waals surface area contributed by atoms with Crippen molar-refractivity contribution in [3.63, 3.8) is 0 Å². The Morgan fingerprint density at radius 2 is 1.92 bits per heavy atom. The Morgan fingerprint density at radius 1 is 1.33 bits per heavy atom. The van der Waals surface area contributed by atoms with Crippen LogP contribution in [0.3, 0.4) is 0 Å². The van der Waals surface area contributed by atoms with Crippen LogP contribution in [0.5, 0.6) is 0 Å². The van der Waals surface area contributed by atoms with Gasteiger partial charge < -0.3 is 5.11 Å². The Balaban J connectivity index is 3.12. The summed E-state index contributed by atoms with van der Waals surface area (Å²) >= 11 is 0. The van der Waals surface area contributed by atoms with Gasteiger partial charge in [-0.1, -0.05) is 0 Å². The van der Waals surface area contributed by atoms with Gasteiger partial charge in [-0.3, -0.25) is 14.4 Å². The van der Waals surface area contributed by atoms with E-state index >= 15 is 0 Å². The molecule has 0 saturated heterocycles. The summed E-state index contributed by atoms with van der Waals surface area (Å²) < 4.78 is 0. The van der Waals surface area contributed by atoms with Crippen molar-refractivity contribution in [2.24, 2.45) is 0 Å². The second-order valence-electron chi connectivity index (χ2n) is 2.38. The fourth-order valence-corrected chi connectivity index (χ4v) is 0.849. The van der Waals surface area contributed by atoms with Crippen LogP contribution >= 0.6 is 0 Å². The number of ketones is 3. The molecular formula is C8H6O4. The molecule has 0 amide bonds. The maximum Gasteiger partial charge on any atom is 0.231 e. The highest BCUT2D eigenvalue weighted by Crippen LogP contribution is 2.10. The maximum atomic E-state index is 11.0. The Kier molecular flexibility index (Phi) is 1.91. The van der Waals surface area contributed by atoms with Gasteiger partial charge in [-0.05, 0) is 6.92 Å². The molecule has 0 aromatic heterocycles. The number of Topliss-reactive ketones (excluding diaryl/α,β-unsaturated/α-hetero) is 2. The van der Waals surface area contributed by atoms with Crippen LogP contribution in [0, 0.1) is 0 Å². The highest BCUT2D eigenvalue weighted by atomic mass is 16.3. The first-order valence-electron chi connectivity index (χ1n) is 3.24. The topological polar surface area (TPSA) is 71.4 Å². The summed E-state index contributed by atoms with van der Waals surface area (Å²) in [6.45, 7) is 1.16. The zero-order chi connectivity index (χ0) is 9.30. The van der Waals surface area contributed by atoms with Gasteiger partial charge in [0.2, 0.25) is 5.78 Å². The molecule has 1 rings (SSSR count). The summed E-state index contributed by atoms with van der Waals surface area (Å²) in [6.07, 6.45) is 1.71. The molecule has 0 saturated carbocycles. The van der Waals surface area contributed by atoms with Crippen molar-refractivity contribution in [2.75, 3.05) is 0 Å². The van der Waals surface area contributed by atoms with E-state index in [0.29, 0.717) is 0 Å². The van der Waals surface area contributed by atoms with Crippen LogP contribution in [0.4, 0.5) is 0 Å². The number of carbonyl (C=O) groups excluding carboxylic acids is 3. The molecule has 0 unspecified atom stereocenters. The molecule has 0 aromatic rings. The zero-order valence-electron chi connectivity index (χ0n) is 6.33. The van der Waals surface area contributed by atoms with Gasteiger partial charge in [0, 0.05) is 12.2 Å². The molecule has 0 spiro atoms. The van der Waals surface area contributed by atoms with Crippen molar-refractivity contribution in [1.29, 1.82) is 0 Å². The van der Waals surface area contributed by atoms with E-state index in [1.807, 2.05) is 0 Å². The Bertz CT molecular complexity index is 333. The molecule has 0 bridgehead atoms. The van der Waals surface area contributed by atoms with Crippen LogP contribution < -0.4 is 0 Å². The molecule has 1 aliphatic rings. The first-order valence-corrected chi connectivity index (χ1v) is 3.24. The van der Waals surface area contributed by atoms with Crippen LogP contribution in [0.2, 0.25) is 0 Å². The van der Waals surface area contributed by atoms with Crippen molar-refractivity contribution < 1.29 is 19.5 Å². The molecule has 1 N–H and O–H groups in total. The fourth-order valence-electron chi connectivity index (χ4n) is 0.849. The lowest BCUT2D eigenvalue weighted by molar-refractivity contribution is -0.121. The van der Waals surface area contributed by atoms with E-state index < -0.39 is 23.1 Å². The van der Waals surface area contributed by atoms with Gasteiger partial charge in [0.15, 0.2) is 17.3 Å².